The molecule has 2 aliphatic rings. The Bertz CT molecular complexity index is 756. The van der Waals surface area contributed by atoms with Crippen molar-refractivity contribution in [2.24, 2.45) is 0 Å². The van der Waals surface area contributed by atoms with Gasteiger partial charge in [0.15, 0.2) is 5.82 Å². The fourth-order valence-electron chi connectivity index (χ4n) is 3.51. The van der Waals surface area contributed by atoms with Crippen molar-refractivity contribution in [1.82, 2.24) is 25.0 Å². The first-order valence-corrected chi connectivity index (χ1v) is 9.18. The fourth-order valence-corrected chi connectivity index (χ4v) is 3.51. The molecule has 1 aliphatic carbocycles. The maximum Gasteiger partial charge on any atom is 0.229 e. The Morgan fingerprint density at radius 2 is 2.00 bits per heavy atom. The first kappa shape index (κ1) is 16.4. The van der Waals surface area contributed by atoms with Gasteiger partial charge in [-0.1, -0.05) is 18.5 Å². The first-order valence-electron chi connectivity index (χ1n) is 9.18. The van der Waals surface area contributed by atoms with Crippen molar-refractivity contribution in [1.29, 1.82) is 0 Å². The lowest BCUT2D eigenvalue weighted by Crippen LogP contribution is -2.34. The van der Waals surface area contributed by atoms with Crippen LogP contribution in [0.1, 0.15) is 60.9 Å². The van der Waals surface area contributed by atoms with Gasteiger partial charge in [0.25, 0.3) is 0 Å². The van der Waals surface area contributed by atoms with Crippen LogP contribution < -0.4 is 4.74 Å². The van der Waals surface area contributed by atoms with Gasteiger partial charge in [0, 0.05) is 30.1 Å². The average molecular weight is 343 g/mol. The Morgan fingerprint density at radius 1 is 1.16 bits per heavy atom. The monoisotopic (exact) mass is 343 g/mol. The number of fused-ring (bicyclic) bond motifs is 1. The number of nitrogens with zero attached hydrogens (tertiary/aromatic N) is 5. The van der Waals surface area contributed by atoms with Crippen LogP contribution in [0.4, 0.5) is 0 Å². The van der Waals surface area contributed by atoms with Crippen molar-refractivity contribution < 1.29 is 9.26 Å². The van der Waals surface area contributed by atoms with Crippen LogP contribution in [0, 0.1) is 13.8 Å². The Balaban J connectivity index is 1.38. The van der Waals surface area contributed by atoms with Crippen molar-refractivity contribution in [3.8, 4) is 5.88 Å². The SMILES string of the molecule is CCN(Cc1noc(C2CCC2)n1)C[C@@H]1Cc2c(C)nc(C)nc2O1. The molecular formula is C18H25N5O2. The fraction of sp³-hybridized carbons (Fsp3) is 0.667. The molecule has 3 heterocycles. The van der Waals surface area contributed by atoms with E-state index in [1.165, 1.54) is 19.3 Å². The molecule has 0 bridgehead atoms. The van der Waals surface area contributed by atoms with Gasteiger partial charge < -0.3 is 9.26 Å². The molecule has 0 N–H and O–H groups in total. The molecule has 2 aromatic heterocycles. The third kappa shape index (κ3) is 3.38. The third-order valence-corrected chi connectivity index (χ3v) is 5.21. The Morgan fingerprint density at radius 3 is 2.72 bits per heavy atom. The number of rotatable bonds is 6. The highest BCUT2D eigenvalue weighted by atomic mass is 16.5. The quantitative estimate of drug-likeness (QED) is 0.797. The molecule has 0 aromatic carbocycles. The maximum atomic E-state index is 6.05. The molecule has 1 fully saturated rings. The molecule has 7 heteroatoms. The average Bonchev–Trinajstić information content (AvgIpc) is 3.12. The topological polar surface area (TPSA) is 77.2 Å². The Labute approximate surface area is 147 Å². The zero-order valence-electron chi connectivity index (χ0n) is 15.2. The van der Waals surface area contributed by atoms with Gasteiger partial charge >= 0.3 is 0 Å². The van der Waals surface area contributed by atoms with Gasteiger partial charge in [-0.05, 0) is 33.2 Å². The summed E-state index contributed by atoms with van der Waals surface area (Å²) < 4.78 is 11.5. The molecule has 0 saturated heterocycles. The highest BCUT2D eigenvalue weighted by molar-refractivity contribution is 5.34. The van der Waals surface area contributed by atoms with Crippen LogP contribution in [0.25, 0.3) is 0 Å². The van der Waals surface area contributed by atoms with Crippen molar-refractivity contribution in [3.05, 3.63) is 28.8 Å². The summed E-state index contributed by atoms with van der Waals surface area (Å²) in [6.45, 7) is 8.49. The van der Waals surface area contributed by atoms with E-state index in [-0.39, 0.29) is 6.10 Å². The van der Waals surface area contributed by atoms with E-state index in [9.17, 15) is 0 Å². The second-order valence-electron chi connectivity index (χ2n) is 7.09. The van der Waals surface area contributed by atoms with Crippen LogP contribution in [0.2, 0.25) is 0 Å². The van der Waals surface area contributed by atoms with Gasteiger partial charge in [-0.15, -0.1) is 0 Å². The Hall–Kier alpha value is -2.02. The van der Waals surface area contributed by atoms with Crippen molar-refractivity contribution in [3.63, 3.8) is 0 Å². The smallest absolute Gasteiger partial charge is 0.229 e. The van der Waals surface area contributed by atoms with Crippen molar-refractivity contribution in [2.75, 3.05) is 13.1 Å². The molecule has 7 nitrogen and oxygen atoms in total. The molecule has 0 radical (unpaired) electrons. The minimum absolute atomic E-state index is 0.0998. The van der Waals surface area contributed by atoms with Crippen molar-refractivity contribution in [2.45, 2.75) is 65.0 Å². The predicted molar refractivity (Wildman–Crippen MR) is 91.5 cm³/mol. The second kappa shape index (κ2) is 6.71. The lowest BCUT2D eigenvalue weighted by Gasteiger charge is -2.22. The molecule has 25 heavy (non-hydrogen) atoms. The van der Waals surface area contributed by atoms with Gasteiger partial charge in [0.2, 0.25) is 11.8 Å². The van der Waals surface area contributed by atoms with E-state index in [4.69, 9.17) is 9.26 Å². The number of hydrogen-bond acceptors (Lipinski definition) is 7. The highest BCUT2D eigenvalue weighted by Gasteiger charge is 2.29. The summed E-state index contributed by atoms with van der Waals surface area (Å²) in [6.07, 6.45) is 4.57. The molecule has 1 atom stereocenters. The summed E-state index contributed by atoms with van der Waals surface area (Å²) in [7, 11) is 0. The second-order valence-corrected chi connectivity index (χ2v) is 7.09. The highest BCUT2D eigenvalue weighted by Crippen LogP contribution is 2.35. The van der Waals surface area contributed by atoms with Gasteiger partial charge in [-0.2, -0.15) is 9.97 Å². The van der Waals surface area contributed by atoms with E-state index >= 15 is 0 Å². The van der Waals surface area contributed by atoms with E-state index in [1.54, 1.807) is 0 Å². The lowest BCUT2D eigenvalue weighted by atomic mass is 9.85. The van der Waals surface area contributed by atoms with Gasteiger partial charge in [0.05, 0.1) is 6.54 Å². The standard InChI is InChI=1S/C18H25N5O2/c1-4-23(10-16-21-17(25-22-16)13-6-5-7-13)9-14-8-15-11(2)19-12(3)20-18(15)24-14/h13-14H,4-10H2,1-3H3/t14-/m0/s1. The van der Waals surface area contributed by atoms with E-state index in [0.29, 0.717) is 12.5 Å². The lowest BCUT2D eigenvalue weighted by molar-refractivity contribution is 0.143. The number of ether oxygens (including phenoxy) is 1. The third-order valence-electron chi connectivity index (χ3n) is 5.21. The molecule has 2 aromatic rings. The first-order chi connectivity index (χ1) is 12.1. The largest absolute Gasteiger partial charge is 0.472 e. The molecule has 1 aliphatic heterocycles. The van der Waals surface area contributed by atoms with Crippen LogP contribution in [0.3, 0.4) is 0 Å². The van der Waals surface area contributed by atoms with Crippen LogP contribution in [-0.2, 0) is 13.0 Å². The normalized spacial score (nSPS) is 19.8. The number of hydrogen-bond donors (Lipinski definition) is 0. The molecule has 0 spiro atoms. The van der Waals surface area contributed by atoms with Crippen LogP contribution in [0.5, 0.6) is 5.88 Å². The van der Waals surface area contributed by atoms with E-state index in [0.717, 1.165) is 54.2 Å². The number of likely N-dealkylation sites (N-methyl/N-ethyl adjacent to an activating group) is 1. The van der Waals surface area contributed by atoms with Crippen LogP contribution >= 0.6 is 0 Å². The summed E-state index contributed by atoms with van der Waals surface area (Å²) in [5, 5.41) is 4.16. The van der Waals surface area contributed by atoms with Gasteiger partial charge in [-0.3, -0.25) is 4.90 Å². The maximum absolute atomic E-state index is 6.05. The molecule has 1 saturated carbocycles. The van der Waals surface area contributed by atoms with Crippen LogP contribution in [-0.4, -0.2) is 44.2 Å². The molecule has 4 rings (SSSR count). The molecular weight excluding hydrogens is 318 g/mol. The van der Waals surface area contributed by atoms with E-state index in [2.05, 4.69) is 31.9 Å². The molecule has 0 amide bonds. The number of aryl methyl sites for hydroxylation is 2. The van der Waals surface area contributed by atoms with Crippen molar-refractivity contribution >= 4 is 0 Å². The zero-order valence-corrected chi connectivity index (χ0v) is 15.2. The summed E-state index contributed by atoms with van der Waals surface area (Å²) in [4.78, 5) is 15.7. The minimum Gasteiger partial charge on any atom is -0.472 e. The zero-order chi connectivity index (χ0) is 17.4. The summed E-state index contributed by atoms with van der Waals surface area (Å²) in [5.74, 6) is 3.57. The molecule has 0 unspecified atom stereocenters. The summed E-state index contributed by atoms with van der Waals surface area (Å²) >= 11 is 0. The number of aromatic nitrogens is 4. The van der Waals surface area contributed by atoms with E-state index < -0.39 is 0 Å². The summed E-state index contributed by atoms with van der Waals surface area (Å²) in [5.41, 5.74) is 2.16. The minimum atomic E-state index is 0.0998. The predicted octanol–water partition coefficient (Wildman–Crippen LogP) is 2.57. The van der Waals surface area contributed by atoms with Crippen LogP contribution in [0.15, 0.2) is 4.52 Å². The van der Waals surface area contributed by atoms with E-state index in [1.807, 2.05) is 13.8 Å². The Kier molecular flexibility index (Phi) is 4.41. The van der Waals surface area contributed by atoms with Gasteiger partial charge in [0.1, 0.15) is 11.9 Å². The van der Waals surface area contributed by atoms with Gasteiger partial charge in [-0.25, -0.2) is 4.98 Å². The summed E-state index contributed by atoms with van der Waals surface area (Å²) in [6, 6.07) is 0. The molecule has 134 valence electrons.